The molecule has 0 saturated carbocycles. The summed E-state index contributed by atoms with van der Waals surface area (Å²) in [7, 11) is 0. The van der Waals surface area contributed by atoms with E-state index in [4.69, 9.17) is 17.3 Å². The Morgan fingerprint density at radius 2 is 2.07 bits per heavy atom. The molecule has 0 saturated heterocycles. The molecular weight excluding hydrogens is 208 g/mol. The van der Waals surface area contributed by atoms with Gasteiger partial charge in [0.15, 0.2) is 0 Å². The minimum atomic E-state index is 0.618. The summed E-state index contributed by atoms with van der Waals surface area (Å²) in [5.74, 6) is 0. The van der Waals surface area contributed by atoms with Gasteiger partial charge in [-0.25, -0.2) is 0 Å². The van der Waals surface area contributed by atoms with E-state index in [1.807, 2.05) is 12.1 Å². The fraction of sp³-hybridized carbons (Fsp3) is 0.333. The van der Waals surface area contributed by atoms with E-state index in [9.17, 15) is 0 Å². The fourth-order valence-corrected chi connectivity index (χ4v) is 2.08. The van der Waals surface area contributed by atoms with Crippen molar-refractivity contribution < 1.29 is 0 Å². The lowest BCUT2D eigenvalue weighted by Crippen LogP contribution is -2.16. The van der Waals surface area contributed by atoms with Crippen molar-refractivity contribution in [1.29, 1.82) is 0 Å². The quantitative estimate of drug-likeness (QED) is 0.795. The van der Waals surface area contributed by atoms with Crippen LogP contribution in [0.3, 0.4) is 0 Å². The topological polar surface area (TPSA) is 29.3 Å². The summed E-state index contributed by atoms with van der Waals surface area (Å²) in [5.41, 5.74) is 8.13. The minimum Gasteiger partial charge on any atom is -0.327 e. The highest BCUT2D eigenvalue weighted by molar-refractivity contribution is 6.30. The Morgan fingerprint density at radius 1 is 1.27 bits per heavy atom. The zero-order valence-electron chi connectivity index (χ0n) is 8.62. The number of nitrogens with zero attached hydrogens (tertiary/aromatic N) is 1. The van der Waals surface area contributed by atoms with Gasteiger partial charge in [0.1, 0.15) is 0 Å². The first-order chi connectivity index (χ1) is 7.29. The lowest BCUT2D eigenvalue weighted by Gasteiger charge is -2.10. The summed E-state index contributed by atoms with van der Waals surface area (Å²) < 4.78 is 0. The average molecular weight is 223 g/mol. The van der Waals surface area contributed by atoms with Gasteiger partial charge in [0.05, 0.1) is 0 Å². The first kappa shape index (κ1) is 10.7. The largest absolute Gasteiger partial charge is 0.327 e. The van der Waals surface area contributed by atoms with Crippen LogP contribution in [0.1, 0.15) is 11.1 Å². The number of hydrogen-bond acceptors (Lipinski definition) is 2. The van der Waals surface area contributed by atoms with Gasteiger partial charge in [0.25, 0.3) is 0 Å². The molecule has 0 atom stereocenters. The molecule has 0 aromatic heterocycles. The van der Waals surface area contributed by atoms with Gasteiger partial charge in [-0.2, -0.15) is 0 Å². The normalized spacial score (nSPS) is 16.1. The van der Waals surface area contributed by atoms with Crippen LogP contribution in [0.5, 0.6) is 0 Å². The first-order valence-corrected chi connectivity index (χ1v) is 5.52. The second-order valence-corrected chi connectivity index (χ2v) is 4.23. The van der Waals surface area contributed by atoms with Crippen molar-refractivity contribution in [3.63, 3.8) is 0 Å². The molecule has 0 fully saturated rings. The molecule has 1 aromatic carbocycles. The van der Waals surface area contributed by atoms with Crippen LogP contribution in [0.15, 0.2) is 30.4 Å². The Morgan fingerprint density at radius 3 is 2.87 bits per heavy atom. The molecule has 2 N–H and O–H groups in total. The maximum atomic E-state index is 5.95. The molecule has 0 unspecified atom stereocenters. The SMILES string of the molecule is NC/C=C/CN1Cc2ccc(Cl)cc2C1. The predicted molar refractivity (Wildman–Crippen MR) is 63.8 cm³/mol. The van der Waals surface area contributed by atoms with Crippen LogP contribution in [0.4, 0.5) is 0 Å². The minimum absolute atomic E-state index is 0.618. The van der Waals surface area contributed by atoms with Crippen LogP contribution in [0, 0.1) is 0 Å². The maximum Gasteiger partial charge on any atom is 0.0409 e. The van der Waals surface area contributed by atoms with Crippen molar-refractivity contribution >= 4 is 11.6 Å². The molecule has 1 aliphatic heterocycles. The summed E-state index contributed by atoms with van der Waals surface area (Å²) in [6, 6.07) is 6.13. The standard InChI is InChI=1S/C12H15ClN2/c13-12-4-3-10-8-15(6-2-1-5-14)9-11(10)7-12/h1-4,7H,5-6,8-9,14H2/b2-1+. The summed E-state index contributed by atoms with van der Waals surface area (Å²) in [4.78, 5) is 2.37. The van der Waals surface area contributed by atoms with Gasteiger partial charge in [0, 0.05) is 31.2 Å². The van der Waals surface area contributed by atoms with Crippen LogP contribution in [0.25, 0.3) is 0 Å². The summed E-state index contributed by atoms with van der Waals surface area (Å²) >= 11 is 5.95. The molecule has 0 radical (unpaired) electrons. The van der Waals surface area contributed by atoms with Gasteiger partial charge in [-0.05, 0) is 23.3 Å². The zero-order chi connectivity index (χ0) is 10.7. The van der Waals surface area contributed by atoms with E-state index in [1.165, 1.54) is 11.1 Å². The van der Waals surface area contributed by atoms with Gasteiger partial charge in [-0.3, -0.25) is 4.90 Å². The van der Waals surface area contributed by atoms with Crippen molar-refractivity contribution in [2.75, 3.05) is 13.1 Å². The van der Waals surface area contributed by atoms with E-state index >= 15 is 0 Å². The Labute approximate surface area is 95.3 Å². The van der Waals surface area contributed by atoms with Crippen molar-refractivity contribution in [3.8, 4) is 0 Å². The second-order valence-electron chi connectivity index (χ2n) is 3.79. The molecule has 15 heavy (non-hydrogen) atoms. The summed E-state index contributed by atoms with van der Waals surface area (Å²) in [6.07, 6.45) is 4.11. The Bertz CT molecular complexity index is 374. The monoisotopic (exact) mass is 222 g/mol. The highest BCUT2D eigenvalue weighted by Crippen LogP contribution is 2.25. The number of rotatable bonds is 3. The van der Waals surface area contributed by atoms with Gasteiger partial charge >= 0.3 is 0 Å². The molecule has 0 bridgehead atoms. The Hall–Kier alpha value is -0.830. The zero-order valence-corrected chi connectivity index (χ0v) is 9.37. The predicted octanol–water partition coefficient (Wildman–Crippen LogP) is 2.17. The van der Waals surface area contributed by atoms with E-state index in [2.05, 4.69) is 23.1 Å². The summed E-state index contributed by atoms with van der Waals surface area (Å²) in [6.45, 7) is 3.59. The van der Waals surface area contributed by atoms with E-state index in [0.29, 0.717) is 6.54 Å². The first-order valence-electron chi connectivity index (χ1n) is 5.14. The van der Waals surface area contributed by atoms with Gasteiger partial charge in [-0.15, -0.1) is 0 Å². The number of fused-ring (bicyclic) bond motifs is 1. The molecule has 1 heterocycles. The number of nitrogens with two attached hydrogens (primary N) is 1. The average Bonchev–Trinajstić information content (AvgIpc) is 2.60. The molecule has 0 amide bonds. The van der Waals surface area contributed by atoms with Gasteiger partial charge in [0.2, 0.25) is 0 Å². The van der Waals surface area contributed by atoms with Crippen LogP contribution in [-0.2, 0) is 13.1 Å². The van der Waals surface area contributed by atoms with E-state index in [0.717, 1.165) is 24.7 Å². The van der Waals surface area contributed by atoms with Crippen molar-refractivity contribution in [2.24, 2.45) is 5.73 Å². The van der Waals surface area contributed by atoms with E-state index < -0.39 is 0 Å². The van der Waals surface area contributed by atoms with Crippen LogP contribution >= 0.6 is 11.6 Å². The molecule has 3 heteroatoms. The summed E-state index contributed by atoms with van der Waals surface area (Å²) in [5, 5.41) is 0.827. The lowest BCUT2D eigenvalue weighted by molar-refractivity contribution is 0.316. The highest BCUT2D eigenvalue weighted by atomic mass is 35.5. The number of hydrogen-bond donors (Lipinski definition) is 1. The molecule has 1 aromatic rings. The molecule has 1 aliphatic rings. The lowest BCUT2D eigenvalue weighted by atomic mass is 10.1. The fourth-order valence-electron chi connectivity index (χ4n) is 1.88. The van der Waals surface area contributed by atoms with Crippen molar-refractivity contribution in [2.45, 2.75) is 13.1 Å². The molecule has 0 spiro atoms. The highest BCUT2D eigenvalue weighted by Gasteiger charge is 2.17. The second kappa shape index (κ2) is 4.79. The molecule has 2 rings (SSSR count). The Balaban J connectivity index is 2.00. The van der Waals surface area contributed by atoms with Gasteiger partial charge in [-0.1, -0.05) is 29.8 Å². The Kier molecular flexibility index (Phi) is 3.41. The molecule has 2 nitrogen and oxygen atoms in total. The third kappa shape index (κ3) is 2.59. The van der Waals surface area contributed by atoms with Crippen molar-refractivity contribution in [3.05, 3.63) is 46.5 Å². The van der Waals surface area contributed by atoms with E-state index in [-0.39, 0.29) is 0 Å². The van der Waals surface area contributed by atoms with Crippen molar-refractivity contribution in [1.82, 2.24) is 4.90 Å². The van der Waals surface area contributed by atoms with Crippen LogP contribution < -0.4 is 5.73 Å². The van der Waals surface area contributed by atoms with Crippen LogP contribution in [0.2, 0.25) is 5.02 Å². The maximum absolute atomic E-state index is 5.95. The third-order valence-electron chi connectivity index (χ3n) is 2.62. The third-order valence-corrected chi connectivity index (χ3v) is 2.86. The van der Waals surface area contributed by atoms with E-state index in [1.54, 1.807) is 0 Å². The number of benzene rings is 1. The molecule has 80 valence electrons. The molecule has 0 aliphatic carbocycles. The smallest absolute Gasteiger partial charge is 0.0409 e. The van der Waals surface area contributed by atoms with Crippen LogP contribution in [-0.4, -0.2) is 18.0 Å². The molecular formula is C12H15ClN2. The van der Waals surface area contributed by atoms with Gasteiger partial charge < -0.3 is 5.73 Å². The number of halogens is 1.